The number of hydrogen-bond donors (Lipinski definition) is 2. The molecule has 0 spiro atoms. The predicted molar refractivity (Wildman–Crippen MR) is 64.5 cm³/mol. The monoisotopic (exact) mass is 245 g/mol. The van der Waals surface area contributed by atoms with Crippen LogP contribution in [0, 0.1) is 5.92 Å². The molecule has 1 saturated carbocycles. The second kappa shape index (κ2) is 5.57. The summed E-state index contributed by atoms with van der Waals surface area (Å²) in [6, 6.07) is 0.331. The highest BCUT2D eigenvalue weighted by Gasteiger charge is 2.30. The molecule has 4 nitrogen and oxygen atoms in total. The highest BCUT2D eigenvalue weighted by molar-refractivity contribution is 8.01. The number of rotatable bonds is 6. The van der Waals surface area contributed by atoms with Gasteiger partial charge in [-0.1, -0.05) is 13.8 Å². The predicted octanol–water partition coefficient (Wildman–Crippen LogP) is 1.50. The zero-order valence-corrected chi connectivity index (χ0v) is 10.7. The molecular formula is C11H19NO3S. The molecule has 0 heterocycles. The first-order valence-corrected chi connectivity index (χ1v) is 6.54. The van der Waals surface area contributed by atoms with Crippen LogP contribution in [0.15, 0.2) is 0 Å². The van der Waals surface area contributed by atoms with Crippen molar-refractivity contribution in [1.82, 2.24) is 5.32 Å². The van der Waals surface area contributed by atoms with Crippen molar-refractivity contribution in [1.29, 1.82) is 0 Å². The van der Waals surface area contributed by atoms with Crippen LogP contribution in [0.2, 0.25) is 0 Å². The molecule has 0 aromatic heterocycles. The van der Waals surface area contributed by atoms with Crippen molar-refractivity contribution in [2.45, 2.75) is 50.2 Å². The maximum atomic E-state index is 11.6. The molecule has 0 radical (unpaired) electrons. The standard InChI is InChI=1S/C11H19NO3S/c1-6(2)9(11(14)15)16-7(3)10(13)12-8-4-5-8/h6-9H,4-5H2,1-3H3,(H,12,13)(H,14,15). The first-order chi connectivity index (χ1) is 7.41. The van der Waals surface area contributed by atoms with Crippen LogP contribution in [0.5, 0.6) is 0 Å². The molecule has 0 bridgehead atoms. The Bertz CT molecular complexity index is 276. The minimum atomic E-state index is -0.842. The third-order valence-corrected chi connectivity index (χ3v) is 4.15. The molecular weight excluding hydrogens is 226 g/mol. The Balaban J connectivity index is 2.42. The van der Waals surface area contributed by atoms with Crippen molar-refractivity contribution < 1.29 is 14.7 Å². The smallest absolute Gasteiger partial charge is 0.316 e. The van der Waals surface area contributed by atoms with Gasteiger partial charge >= 0.3 is 5.97 Å². The number of thioether (sulfide) groups is 1. The van der Waals surface area contributed by atoms with E-state index in [1.54, 1.807) is 6.92 Å². The third-order valence-electron chi connectivity index (χ3n) is 2.49. The lowest BCUT2D eigenvalue weighted by atomic mass is 10.1. The Kier molecular flexibility index (Phi) is 4.65. The van der Waals surface area contributed by atoms with Gasteiger partial charge in [-0.05, 0) is 25.7 Å². The van der Waals surface area contributed by atoms with E-state index in [4.69, 9.17) is 5.11 Å². The van der Waals surface area contributed by atoms with E-state index in [2.05, 4.69) is 5.32 Å². The molecule has 1 rings (SSSR count). The molecule has 0 aromatic carbocycles. The quantitative estimate of drug-likeness (QED) is 0.744. The van der Waals surface area contributed by atoms with Crippen LogP contribution >= 0.6 is 11.8 Å². The van der Waals surface area contributed by atoms with Crippen molar-refractivity contribution in [3.8, 4) is 0 Å². The van der Waals surface area contributed by atoms with Crippen LogP contribution in [-0.2, 0) is 9.59 Å². The van der Waals surface area contributed by atoms with E-state index in [1.807, 2.05) is 13.8 Å². The Hall–Kier alpha value is -0.710. The maximum absolute atomic E-state index is 11.6. The molecule has 2 atom stereocenters. The maximum Gasteiger partial charge on any atom is 0.316 e. The lowest BCUT2D eigenvalue weighted by Gasteiger charge is -2.19. The van der Waals surface area contributed by atoms with Gasteiger partial charge in [0.1, 0.15) is 5.25 Å². The molecule has 1 amide bonds. The lowest BCUT2D eigenvalue weighted by molar-refractivity contribution is -0.137. The Morgan fingerprint density at radius 3 is 2.25 bits per heavy atom. The van der Waals surface area contributed by atoms with Crippen LogP contribution < -0.4 is 5.32 Å². The van der Waals surface area contributed by atoms with Gasteiger partial charge in [0.05, 0.1) is 5.25 Å². The molecule has 1 fully saturated rings. The fraction of sp³-hybridized carbons (Fsp3) is 0.818. The Morgan fingerprint density at radius 2 is 1.88 bits per heavy atom. The molecule has 0 aromatic rings. The number of amides is 1. The summed E-state index contributed by atoms with van der Waals surface area (Å²) < 4.78 is 0. The Labute approximate surface area is 100 Å². The van der Waals surface area contributed by atoms with Crippen LogP contribution in [0.1, 0.15) is 33.6 Å². The highest BCUT2D eigenvalue weighted by Crippen LogP contribution is 2.26. The topological polar surface area (TPSA) is 66.4 Å². The number of carboxylic acids is 1. The van der Waals surface area contributed by atoms with E-state index in [1.165, 1.54) is 11.8 Å². The first kappa shape index (κ1) is 13.4. The van der Waals surface area contributed by atoms with Gasteiger partial charge in [-0.25, -0.2) is 0 Å². The largest absolute Gasteiger partial charge is 0.480 e. The number of carboxylic acid groups (broad SMARTS) is 1. The Morgan fingerprint density at radius 1 is 1.31 bits per heavy atom. The van der Waals surface area contributed by atoms with E-state index in [9.17, 15) is 9.59 Å². The molecule has 92 valence electrons. The van der Waals surface area contributed by atoms with Crippen LogP contribution in [0.4, 0.5) is 0 Å². The molecule has 2 unspecified atom stereocenters. The van der Waals surface area contributed by atoms with Gasteiger partial charge in [0.2, 0.25) is 5.91 Å². The fourth-order valence-corrected chi connectivity index (χ4v) is 2.39. The summed E-state index contributed by atoms with van der Waals surface area (Å²) in [5.74, 6) is -0.857. The normalized spacial score (nSPS) is 19.2. The van der Waals surface area contributed by atoms with Crippen LogP contribution in [0.25, 0.3) is 0 Å². The van der Waals surface area contributed by atoms with Gasteiger partial charge < -0.3 is 10.4 Å². The molecule has 2 N–H and O–H groups in total. The number of aliphatic carboxylic acids is 1. The van der Waals surface area contributed by atoms with E-state index < -0.39 is 11.2 Å². The summed E-state index contributed by atoms with van der Waals surface area (Å²) in [7, 11) is 0. The van der Waals surface area contributed by atoms with Gasteiger partial charge in [0.15, 0.2) is 0 Å². The summed E-state index contributed by atoms with van der Waals surface area (Å²) in [6.07, 6.45) is 2.10. The fourth-order valence-electron chi connectivity index (χ4n) is 1.33. The zero-order valence-electron chi connectivity index (χ0n) is 9.90. The van der Waals surface area contributed by atoms with E-state index in [-0.39, 0.29) is 17.1 Å². The van der Waals surface area contributed by atoms with Crippen molar-refractivity contribution in [2.24, 2.45) is 5.92 Å². The van der Waals surface area contributed by atoms with Crippen molar-refractivity contribution in [3.63, 3.8) is 0 Å². The second-order valence-corrected chi connectivity index (χ2v) is 6.05. The molecule has 5 heteroatoms. The second-order valence-electron chi connectivity index (χ2n) is 4.56. The van der Waals surface area contributed by atoms with Gasteiger partial charge in [0, 0.05) is 6.04 Å². The molecule has 16 heavy (non-hydrogen) atoms. The summed E-state index contributed by atoms with van der Waals surface area (Å²) in [5, 5.41) is 11.1. The SMILES string of the molecule is CC(SC(C(=O)O)C(C)C)C(=O)NC1CC1. The van der Waals surface area contributed by atoms with E-state index in [0.717, 1.165) is 12.8 Å². The van der Waals surface area contributed by atoms with Gasteiger partial charge in [-0.3, -0.25) is 9.59 Å². The zero-order chi connectivity index (χ0) is 12.3. The summed E-state index contributed by atoms with van der Waals surface area (Å²) in [4.78, 5) is 22.6. The molecule has 0 aliphatic heterocycles. The minimum absolute atomic E-state index is 0.0266. The third kappa shape index (κ3) is 4.04. The molecule has 0 saturated heterocycles. The first-order valence-electron chi connectivity index (χ1n) is 5.60. The van der Waals surface area contributed by atoms with Gasteiger partial charge in [-0.15, -0.1) is 11.8 Å². The number of carbonyl (C=O) groups is 2. The van der Waals surface area contributed by atoms with E-state index >= 15 is 0 Å². The molecule has 1 aliphatic carbocycles. The summed E-state index contributed by atoms with van der Waals surface area (Å²) in [6.45, 7) is 5.48. The highest BCUT2D eigenvalue weighted by atomic mass is 32.2. The van der Waals surface area contributed by atoms with Crippen molar-refractivity contribution in [2.75, 3.05) is 0 Å². The minimum Gasteiger partial charge on any atom is -0.480 e. The molecule has 1 aliphatic rings. The van der Waals surface area contributed by atoms with Crippen molar-refractivity contribution >= 4 is 23.6 Å². The van der Waals surface area contributed by atoms with E-state index in [0.29, 0.717) is 6.04 Å². The summed E-state index contributed by atoms with van der Waals surface area (Å²) >= 11 is 1.23. The van der Waals surface area contributed by atoms with Crippen LogP contribution in [-0.4, -0.2) is 33.5 Å². The average Bonchev–Trinajstić information content (AvgIpc) is 2.96. The number of nitrogens with one attached hydrogen (secondary N) is 1. The average molecular weight is 245 g/mol. The van der Waals surface area contributed by atoms with Gasteiger partial charge in [0.25, 0.3) is 0 Å². The van der Waals surface area contributed by atoms with Crippen LogP contribution in [0.3, 0.4) is 0 Å². The van der Waals surface area contributed by atoms with Gasteiger partial charge in [-0.2, -0.15) is 0 Å². The number of carbonyl (C=O) groups excluding carboxylic acids is 1. The lowest BCUT2D eigenvalue weighted by Crippen LogP contribution is -2.35. The summed E-state index contributed by atoms with van der Waals surface area (Å²) in [5.41, 5.74) is 0. The number of hydrogen-bond acceptors (Lipinski definition) is 3. The van der Waals surface area contributed by atoms with Crippen molar-refractivity contribution in [3.05, 3.63) is 0 Å².